The molecule has 0 aliphatic carbocycles. The van der Waals surface area contributed by atoms with Crippen LogP contribution in [-0.4, -0.2) is 64.0 Å². The van der Waals surface area contributed by atoms with Gasteiger partial charge in [0.1, 0.15) is 0 Å². The van der Waals surface area contributed by atoms with Crippen molar-refractivity contribution in [3.8, 4) is 11.3 Å². The lowest BCUT2D eigenvalue weighted by Crippen LogP contribution is -2.50. The number of piperidine rings is 1. The first-order valence-corrected chi connectivity index (χ1v) is 14.0. The first kappa shape index (κ1) is 27.0. The zero-order valence-corrected chi connectivity index (χ0v) is 22.3. The number of rotatable bonds is 6. The second-order valence-electron chi connectivity index (χ2n) is 11.0. The maximum absolute atomic E-state index is 13.0. The summed E-state index contributed by atoms with van der Waals surface area (Å²) in [5.41, 5.74) is 4.88. The molecule has 0 radical (unpaired) electrons. The zero-order valence-electron chi connectivity index (χ0n) is 22.3. The average Bonchev–Trinajstić information content (AvgIpc) is 3.31. The molecular formula is C30H34F3N5O2. The van der Waals surface area contributed by atoms with Gasteiger partial charge in [0, 0.05) is 74.1 Å². The van der Waals surface area contributed by atoms with Crippen LogP contribution < -0.4 is 10.2 Å². The summed E-state index contributed by atoms with van der Waals surface area (Å²) in [7, 11) is 0. The van der Waals surface area contributed by atoms with E-state index in [1.54, 1.807) is 0 Å². The van der Waals surface area contributed by atoms with Gasteiger partial charge in [0.25, 0.3) is 0 Å². The van der Waals surface area contributed by atoms with Crippen LogP contribution in [0.3, 0.4) is 0 Å². The van der Waals surface area contributed by atoms with E-state index in [2.05, 4.69) is 16.3 Å². The molecule has 1 aromatic heterocycles. The number of β-amino-alcohol motifs (C(OH)–C–C–N with tert-alkyl or cyclic N) is 1. The van der Waals surface area contributed by atoms with E-state index in [-0.39, 0.29) is 11.9 Å². The quantitative estimate of drug-likeness (QED) is 0.483. The summed E-state index contributed by atoms with van der Waals surface area (Å²) < 4.78 is 41.0. The van der Waals surface area contributed by atoms with E-state index in [0.29, 0.717) is 37.3 Å². The number of alkyl halides is 3. The lowest BCUT2D eigenvalue weighted by Gasteiger charge is -2.41. The van der Waals surface area contributed by atoms with Crippen LogP contribution in [0.15, 0.2) is 48.5 Å². The molecule has 1 saturated heterocycles. The molecule has 2 N–H and O–H groups in total. The van der Waals surface area contributed by atoms with Gasteiger partial charge in [-0.25, -0.2) is 0 Å². The molecule has 0 spiro atoms. The predicted octanol–water partition coefficient (Wildman–Crippen LogP) is 4.02. The Morgan fingerprint density at radius 2 is 1.75 bits per heavy atom. The highest BCUT2D eigenvalue weighted by Gasteiger charge is 2.33. The molecule has 4 heterocycles. The molecule has 0 bridgehead atoms. The summed E-state index contributed by atoms with van der Waals surface area (Å²) in [4.78, 5) is 17.1. The van der Waals surface area contributed by atoms with Crippen molar-refractivity contribution in [1.82, 2.24) is 20.0 Å². The van der Waals surface area contributed by atoms with Gasteiger partial charge in [0.15, 0.2) is 0 Å². The zero-order chi connectivity index (χ0) is 27.9. The second kappa shape index (κ2) is 11.0. The Hall–Kier alpha value is -3.21. The Balaban J connectivity index is 1.10. The van der Waals surface area contributed by atoms with E-state index in [1.165, 1.54) is 17.7 Å². The van der Waals surface area contributed by atoms with Crippen molar-refractivity contribution in [3.63, 3.8) is 0 Å². The maximum atomic E-state index is 13.0. The normalized spacial score (nSPS) is 19.4. The minimum Gasteiger partial charge on any atom is -0.390 e. The molecule has 6 rings (SSSR count). The summed E-state index contributed by atoms with van der Waals surface area (Å²) >= 11 is 0. The van der Waals surface area contributed by atoms with Gasteiger partial charge in [-0.05, 0) is 43.0 Å². The number of para-hydroxylation sites is 1. The van der Waals surface area contributed by atoms with Gasteiger partial charge < -0.3 is 20.2 Å². The van der Waals surface area contributed by atoms with Crippen LogP contribution in [0.25, 0.3) is 11.3 Å². The minimum atomic E-state index is -4.38. The summed E-state index contributed by atoms with van der Waals surface area (Å²) in [5, 5.41) is 19.1. The van der Waals surface area contributed by atoms with Crippen LogP contribution in [0.5, 0.6) is 0 Å². The molecule has 1 atom stereocenters. The predicted molar refractivity (Wildman–Crippen MR) is 146 cm³/mol. The highest BCUT2D eigenvalue weighted by atomic mass is 19.4. The number of nitrogens with zero attached hydrogens (tertiary/aromatic N) is 4. The fourth-order valence-electron chi connectivity index (χ4n) is 6.39. The third-order valence-corrected chi connectivity index (χ3v) is 8.40. The molecule has 3 aliphatic rings. The van der Waals surface area contributed by atoms with Crippen molar-refractivity contribution in [2.45, 2.75) is 63.5 Å². The Morgan fingerprint density at radius 3 is 2.50 bits per heavy atom. The molecule has 212 valence electrons. The average molecular weight is 554 g/mol. The number of benzene rings is 2. The first-order chi connectivity index (χ1) is 19.3. The lowest BCUT2D eigenvalue weighted by molar-refractivity contribution is -0.137. The van der Waals surface area contributed by atoms with Crippen LogP contribution in [0.4, 0.5) is 18.9 Å². The lowest BCUT2D eigenvalue weighted by atomic mass is 9.95. The third-order valence-electron chi connectivity index (χ3n) is 8.40. The third kappa shape index (κ3) is 5.40. The summed E-state index contributed by atoms with van der Waals surface area (Å²) in [5.74, 6) is 0.194. The van der Waals surface area contributed by atoms with E-state index in [4.69, 9.17) is 5.10 Å². The summed E-state index contributed by atoms with van der Waals surface area (Å²) in [6.07, 6.45) is -1.23. The van der Waals surface area contributed by atoms with E-state index >= 15 is 0 Å². The van der Waals surface area contributed by atoms with Crippen molar-refractivity contribution < 1.29 is 23.1 Å². The number of anilines is 1. The minimum absolute atomic E-state index is 0.166. The summed E-state index contributed by atoms with van der Waals surface area (Å²) in [6, 6.07) is 13.4. The molecule has 1 unspecified atom stereocenters. The van der Waals surface area contributed by atoms with Gasteiger partial charge in [0.05, 0.1) is 23.9 Å². The monoisotopic (exact) mass is 553 g/mol. The number of halogens is 3. The smallest absolute Gasteiger partial charge is 0.390 e. The van der Waals surface area contributed by atoms with Gasteiger partial charge in [-0.15, -0.1) is 0 Å². The Morgan fingerprint density at radius 1 is 1.00 bits per heavy atom. The number of aromatic nitrogens is 2. The molecule has 3 aliphatic heterocycles. The number of carbonyl (C=O) groups excluding carboxylic acids is 1. The number of aryl methyl sites for hydroxylation is 1. The van der Waals surface area contributed by atoms with Gasteiger partial charge in [-0.3, -0.25) is 9.48 Å². The largest absolute Gasteiger partial charge is 0.416 e. The Bertz CT molecular complexity index is 1360. The Labute approximate surface area is 231 Å². The number of aliphatic hydroxyl groups excluding tert-OH is 1. The first-order valence-electron chi connectivity index (χ1n) is 14.0. The summed E-state index contributed by atoms with van der Waals surface area (Å²) in [6.45, 7) is 3.79. The number of aliphatic hydroxyl groups is 1. The molecule has 40 heavy (non-hydrogen) atoms. The maximum Gasteiger partial charge on any atom is 0.416 e. The number of likely N-dealkylation sites (tertiary alicyclic amines) is 1. The SMILES string of the molecule is O=C1CCc2ccccc2N1C1CCN(CC(O)Cn2nc(-c3ccc(C(F)(F)F)cc3)c3c2CCNC3)CC1. The molecule has 1 amide bonds. The number of fused-ring (bicyclic) bond motifs is 2. The fraction of sp³-hybridized carbons (Fsp3) is 0.467. The topological polar surface area (TPSA) is 73.6 Å². The van der Waals surface area contributed by atoms with E-state index < -0.39 is 17.8 Å². The second-order valence-corrected chi connectivity index (χ2v) is 11.0. The van der Waals surface area contributed by atoms with E-state index in [1.807, 2.05) is 27.8 Å². The number of nitrogens with one attached hydrogen (secondary N) is 1. The van der Waals surface area contributed by atoms with Crippen LogP contribution in [0, 0.1) is 0 Å². The van der Waals surface area contributed by atoms with Gasteiger partial charge in [-0.2, -0.15) is 18.3 Å². The van der Waals surface area contributed by atoms with Gasteiger partial charge in [-0.1, -0.05) is 30.3 Å². The number of hydrogen-bond donors (Lipinski definition) is 2. The van der Waals surface area contributed by atoms with Gasteiger partial charge >= 0.3 is 6.18 Å². The van der Waals surface area contributed by atoms with Crippen molar-refractivity contribution in [2.75, 3.05) is 31.1 Å². The molecule has 7 nitrogen and oxygen atoms in total. The fourth-order valence-corrected chi connectivity index (χ4v) is 6.39. The van der Waals surface area contributed by atoms with Crippen LogP contribution in [-0.2, 0) is 36.9 Å². The van der Waals surface area contributed by atoms with Crippen LogP contribution in [0.2, 0.25) is 0 Å². The molecule has 10 heteroatoms. The van der Waals surface area contributed by atoms with Gasteiger partial charge in [0.2, 0.25) is 5.91 Å². The van der Waals surface area contributed by atoms with Crippen LogP contribution >= 0.6 is 0 Å². The molecule has 0 saturated carbocycles. The Kier molecular flexibility index (Phi) is 7.41. The standard InChI is InChI=1S/C30H34F3N5O2/c31-30(32,33)22-8-5-21(6-9-22)29-25-17-34-14-11-27(25)37(35-29)19-24(39)18-36-15-12-23(13-16-36)38-26-4-2-1-3-20(26)7-10-28(38)40/h1-6,8-9,23-24,34,39H,7,10-19H2. The molecule has 2 aromatic carbocycles. The van der Waals surface area contributed by atoms with Crippen molar-refractivity contribution >= 4 is 11.6 Å². The van der Waals surface area contributed by atoms with Crippen molar-refractivity contribution in [2.24, 2.45) is 0 Å². The molecule has 1 fully saturated rings. The van der Waals surface area contributed by atoms with Crippen molar-refractivity contribution in [1.29, 1.82) is 0 Å². The van der Waals surface area contributed by atoms with E-state index in [9.17, 15) is 23.1 Å². The number of carbonyl (C=O) groups is 1. The molecule has 3 aromatic rings. The molecular weight excluding hydrogens is 519 g/mol. The van der Waals surface area contributed by atoms with Crippen LogP contribution in [0.1, 0.15) is 41.6 Å². The number of hydrogen-bond acceptors (Lipinski definition) is 5. The number of amides is 1. The van der Waals surface area contributed by atoms with E-state index in [0.717, 1.165) is 74.4 Å². The van der Waals surface area contributed by atoms with Crippen molar-refractivity contribution in [3.05, 3.63) is 70.9 Å². The highest BCUT2D eigenvalue weighted by molar-refractivity contribution is 5.97. The highest BCUT2D eigenvalue weighted by Crippen LogP contribution is 2.34.